The smallest absolute Gasteiger partial charge is 0.234 e. The Morgan fingerprint density at radius 2 is 2.04 bits per heavy atom. The Labute approximate surface area is 145 Å². The molecule has 1 saturated heterocycles. The first-order valence-corrected chi connectivity index (χ1v) is 8.97. The normalized spacial score (nSPS) is 14.0. The first-order chi connectivity index (χ1) is 11.2. The first kappa shape index (κ1) is 16.1. The van der Waals surface area contributed by atoms with Crippen LogP contribution in [0.3, 0.4) is 0 Å². The van der Waals surface area contributed by atoms with Crippen molar-refractivity contribution < 1.29 is 4.79 Å². The van der Waals surface area contributed by atoms with E-state index in [1.165, 1.54) is 11.8 Å². The van der Waals surface area contributed by atoms with Crippen molar-refractivity contribution in [3.63, 3.8) is 0 Å². The molecule has 2 aromatic rings. The minimum atomic E-state index is -0.0524. The van der Waals surface area contributed by atoms with Gasteiger partial charge in [0.25, 0.3) is 0 Å². The summed E-state index contributed by atoms with van der Waals surface area (Å²) in [6.07, 6.45) is 4.05. The lowest BCUT2D eigenvalue weighted by Gasteiger charge is -2.23. The second-order valence-electron chi connectivity index (χ2n) is 5.33. The number of para-hydroxylation sites is 1. The largest absolute Gasteiger partial charge is 0.369 e. The molecule has 0 unspecified atom stereocenters. The molecule has 1 N–H and O–H groups in total. The summed E-state index contributed by atoms with van der Waals surface area (Å²) in [4.78, 5) is 18.7. The average molecular weight is 348 g/mol. The second-order valence-corrected chi connectivity index (χ2v) is 6.74. The first-order valence-electron chi connectivity index (χ1n) is 7.61. The molecule has 23 heavy (non-hydrogen) atoms. The van der Waals surface area contributed by atoms with Crippen molar-refractivity contribution in [3.05, 3.63) is 47.6 Å². The van der Waals surface area contributed by atoms with Crippen molar-refractivity contribution in [1.29, 1.82) is 0 Å². The van der Waals surface area contributed by atoms with Gasteiger partial charge in [-0.25, -0.2) is 4.98 Å². The third-order valence-electron chi connectivity index (χ3n) is 3.67. The van der Waals surface area contributed by atoms with Gasteiger partial charge in [-0.1, -0.05) is 35.5 Å². The molecule has 3 rings (SSSR count). The van der Waals surface area contributed by atoms with Crippen molar-refractivity contribution in [3.8, 4) is 0 Å². The van der Waals surface area contributed by atoms with E-state index in [0.717, 1.165) is 42.3 Å². The van der Waals surface area contributed by atoms with Gasteiger partial charge in [-0.05, 0) is 37.1 Å². The van der Waals surface area contributed by atoms with Gasteiger partial charge in [0.2, 0.25) is 5.91 Å². The third-order valence-corrected chi connectivity index (χ3v) is 4.92. The van der Waals surface area contributed by atoms with Crippen LogP contribution in [0.25, 0.3) is 0 Å². The van der Waals surface area contributed by atoms with Crippen LogP contribution in [0, 0.1) is 0 Å². The number of amides is 1. The molecule has 120 valence electrons. The highest BCUT2D eigenvalue weighted by atomic mass is 35.5. The van der Waals surface area contributed by atoms with Crippen LogP contribution in [0.4, 0.5) is 11.4 Å². The summed E-state index contributed by atoms with van der Waals surface area (Å²) in [7, 11) is 0. The molecular formula is C17H18ClN3OS. The second kappa shape index (κ2) is 7.70. The summed E-state index contributed by atoms with van der Waals surface area (Å²) in [6, 6.07) is 11.3. The molecule has 0 bridgehead atoms. The summed E-state index contributed by atoms with van der Waals surface area (Å²) < 4.78 is 0. The summed E-state index contributed by atoms with van der Waals surface area (Å²) in [5.41, 5.74) is 1.72. The summed E-state index contributed by atoms with van der Waals surface area (Å²) in [6.45, 7) is 1.96. The molecule has 1 aliphatic heterocycles. The number of hydrogen-bond acceptors (Lipinski definition) is 4. The number of hydrogen-bond donors (Lipinski definition) is 1. The van der Waals surface area contributed by atoms with Gasteiger partial charge in [0.1, 0.15) is 0 Å². The van der Waals surface area contributed by atoms with Crippen LogP contribution in [-0.2, 0) is 4.79 Å². The number of pyridine rings is 1. The lowest BCUT2D eigenvalue weighted by atomic mass is 10.2. The van der Waals surface area contributed by atoms with Crippen molar-refractivity contribution in [2.24, 2.45) is 0 Å². The highest BCUT2D eigenvalue weighted by Gasteiger charge is 2.19. The number of benzene rings is 1. The molecule has 4 nitrogen and oxygen atoms in total. The zero-order valence-corrected chi connectivity index (χ0v) is 14.2. The minimum Gasteiger partial charge on any atom is -0.369 e. The van der Waals surface area contributed by atoms with E-state index in [1.807, 2.05) is 36.4 Å². The van der Waals surface area contributed by atoms with Gasteiger partial charge in [-0.2, -0.15) is 0 Å². The van der Waals surface area contributed by atoms with Gasteiger partial charge in [0.05, 0.1) is 27.2 Å². The van der Waals surface area contributed by atoms with Crippen molar-refractivity contribution in [1.82, 2.24) is 4.98 Å². The summed E-state index contributed by atoms with van der Waals surface area (Å²) >= 11 is 7.78. The molecule has 0 radical (unpaired) electrons. The molecule has 1 fully saturated rings. The molecule has 1 aromatic carbocycles. The Hall–Kier alpha value is -1.72. The number of nitrogens with zero attached hydrogens (tertiary/aromatic N) is 2. The molecule has 1 aromatic heterocycles. The van der Waals surface area contributed by atoms with Gasteiger partial charge in [-0.3, -0.25) is 4.79 Å². The fraction of sp³-hybridized carbons (Fsp3) is 0.294. The number of anilines is 2. The van der Waals surface area contributed by atoms with Gasteiger partial charge in [0, 0.05) is 19.3 Å². The number of halogens is 1. The van der Waals surface area contributed by atoms with Crippen molar-refractivity contribution >= 4 is 40.6 Å². The quantitative estimate of drug-likeness (QED) is 0.828. The van der Waals surface area contributed by atoms with E-state index in [-0.39, 0.29) is 5.91 Å². The maximum absolute atomic E-state index is 12.2. The molecule has 2 heterocycles. The van der Waals surface area contributed by atoms with Crippen LogP contribution in [0.5, 0.6) is 0 Å². The Bertz CT molecular complexity index is 675. The molecule has 0 aliphatic carbocycles. The standard InChI is InChI=1S/C17H18ClN3OS/c18-13-6-5-7-14(17(13)21-10-3-4-11-21)20-15(22)12-23-16-8-1-2-9-19-16/h1-2,5-9H,3-4,10-12H2,(H,20,22). The van der Waals surface area contributed by atoms with E-state index in [4.69, 9.17) is 11.6 Å². The number of aromatic nitrogens is 1. The molecular weight excluding hydrogens is 330 g/mol. The van der Waals surface area contributed by atoms with Gasteiger partial charge >= 0.3 is 0 Å². The van der Waals surface area contributed by atoms with E-state index in [0.29, 0.717) is 10.8 Å². The van der Waals surface area contributed by atoms with Crippen molar-refractivity contribution in [2.75, 3.05) is 29.1 Å². The SMILES string of the molecule is O=C(CSc1ccccn1)Nc1cccc(Cl)c1N1CCCC1. The highest BCUT2D eigenvalue weighted by Crippen LogP contribution is 2.36. The van der Waals surface area contributed by atoms with Crippen LogP contribution in [0.15, 0.2) is 47.6 Å². The minimum absolute atomic E-state index is 0.0524. The summed E-state index contributed by atoms with van der Waals surface area (Å²) in [5, 5.41) is 4.51. The molecule has 0 saturated carbocycles. The van der Waals surface area contributed by atoms with E-state index < -0.39 is 0 Å². The number of nitrogens with one attached hydrogen (secondary N) is 1. The lowest BCUT2D eigenvalue weighted by Crippen LogP contribution is -2.22. The Morgan fingerprint density at radius 3 is 2.78 bits per heavy atom. The Balaban J connectivity index is 1.67. The fourth-order valence-electron chi connectivity index (χ4n) is 2.64. The van der Waals surface area contributed by atoms with Crippen LogP contribution >= 0.6 is 23.4 Å². The van der Waals surface area contributed by atoms with E-state index >= 15 is 0 Å². The molecule has 6 heteroatoms. The average Bonchev–Trinajstić information content (AvgIpc) is 3.08. The van der Waals surface area contributed by atoms with E-state index in [2.05, 4.69) is 15.2 Å². The zero-order chi connectivity index (χ0) is 16.1. The number of carbonyl (C=O) groups is 1. The van der Waals surface area contributed by atoms with Crippen LogP contribution in [0.1, 0.15) is 12.8 Å². The van der Waals surface area contributed by atoms with Gasteiger partial charge in [-0.15, -0.1) is 0 Å². The van der Waals surface area contributed by atoms with Crippen molar-refractivity contribution in [2.45, 2.75) is 17.9 Å². The Morgan fingerprint density at radius 1 is 1.22 bits per heavy atom. The lowest BCUT2D eigenvalue weighted by molar-refractivity contribution is -0.113. The topological polar surface area (TPSA) is 45.2 Å². The zero-order valence-electron chi connectivity index (χ0n) is 12.7. The predicted molar refractivity (Wildman–Crippen MR) is 96.5 cm³/mol. The number of carbonyl (C=O) groups excluding carboxylic acids is 1. The maximum Gasteiger partial charge on any atom is 0.234 e. The maximum atomic E-state index is 12.2. The number of thioether (sulfide) groups is 1. The number of rotatable bonds is 5. The molecule has 1 amide bonds. The highest BCUT2D eigenvalue weighted by molar-refractivity contribution is 7.99. The van der Waals surface area contributed by atoms with E-state index in [1.54, 1.807) is 6.20 Å². The summed E-state index contributed by atoms with van der Waals surface area (Å²) in [5.74, 6) is 0.270. The molecule has 0 spiro atoms. The molecule has 1 aliphatic rings. The van der Waals surface area contributed by atoms with Crippen LogP contribution < -0.4 is 10.2 Å². The van der Waals surface area contributed by atoms with Crippen LogP contribution in [0.2, 0.25) is 5.02 Å². The Kier molecular flexibility index (Phi) is 5.41. The van der Waals surface area contributed by atoms with Gasteiger partial charge < -0.3 is 10.2 Å². The van der Waals surface area contributed by atoms with E-state index in [9.17, 15) is 4.79 Å². The van der Waals surface area contributed by atoms with Gasteiger partial charge in [0.15, 0.2) is 0 Å². The van der Waals surface area contributed by atoms with Crippen LogP contribution in [-0.4, -0.2) is 29.7 Å². The fourth-order valence-corrected chi connectivity index (χ4v) is 3.59. The third kappa shape index (κ3) is 4.18. The monoisotopic (exact) mass is 347 g/mol. The predicted octanol–water partition coefficient (Wildman–Crippen LogP) is 4.07. The molecule has 0 atom stereocenters.